The number of benzene rings is 1. The number of carbonyl (C=O) groups excluding carboxylic acids is 2. The molecule has 1 N–H and O–H groups in total. The number of nitrogens with zero attached hydrogens (tertiary/aromatic N) is 2. The number of amides is 2. The molecule has 2 aliphatic heterocycles. The minimum Gasteiger partial charge on any atom is -0.356 e. The van der Waals surface area contributed by atoms with E-state index >= 15 is 0 Å². The molecule has 2 aliphatic rings. The molecule has 3 rings (SSSR count). The van der Waals surface area contributed by atoms with Crippen LogP contribution in [0.1, 0.15) is 36.0 Å². The second-order valence-electron chi connectivity index (χ2n) is 7.41. The van der Waals surface area contributed by atoms with Gasteiger partial charge in [-0.25, -0.2) is 8.42 Å². The monoisotopic (exact) mass is 379 g/mol. The SMILES string of the molecule is CN(C)C(=O)c1cccc(S(=O)(=O)N2CCC3(CCC(=O)NC3)CC2)c1. The fraction of sp³-hybridized carbons (Fsp3) is 0.556. The number of sulfonamides is 1. The molecule has 0 unspecified atom stereocenters. The summed E-state index contributed by atoms with van der Waals surface area (Å²) in [6.45, 7) is 1.50. The van der Waals surface area contributed by atoms with E-state index in [1.807, 2.05) is 0 Å². The summed E-state index contributed by atoms with van der Waals surface area (Å²) in [5.74, 6) is -0.148. The van der Waals surface area contributed by atoms with Crippen LogP contribution in [0.5, 0.6) is 0 Å². The Kier molecular flexibility index (Phi) is 5.07. The lowest BCUT2D eigenvalue weighted by Crippen LogP contribution is -2.50. The smallest absolute Gasteiger partial charge is 0.253 e. The molecular weight excluding hydrogens is 354 g/mol. The minimum absolute atomic E-state index is 0.0165. The van der Waals surface area contributed by atoms with Crippen molar-refractivity contribution < 1.29 is 18.0 Å². The highest BCUT2D eigenvalue weighted by Crippen LogP contribution is 2.38. The van der Waals surface area contributed by atoms with Crippen molar-refractivity contribution in [1.82, 2.24) is 14.5 Å². The Morgan fingerprint density at radius 2 is 1.88 bits per heavy atom. The number of hydrogen-bond acceptors (Lipinski definition) is 4. The molecule has 1 spiro atoms. The van der Waals surface area contributed by atoms with E-state index in [4.69, 9.17) is 0 Å². The topological polar surface area (TPSA) is 86.8 Å². The Hall–Kier alpha value is -1.93. The van der Waals surface area contributed by atoms with Crippen LogP contribution >= 0.6 is 0 Å². The first-order valence-corrected chi connectivity index (χ1v) is 10.3. The highest BCUT2D eigenvalue weighted by atomic mass is 32.2. The van der Waals surface area contributed by atoms with Crippen molar-refractivity contribution in [3.8, 4) is 0 Å². The van der Waals surface area contributed by atoms with Gasteiger partial charge in [0, 0.05) is 45.7 Å². The summed E-state index contributed by atoms with van der Waals surface area (Å²) in [5, 5.41) is 2.91. The fourth-order valence-electron chi connectivity index (χ4n) is 3.67. The molecule has 2 saturated heterocycles. The Morgan fingerprint density at radius 1 is 1.19 bits per heavy atom. The van der Waals surface area contributed by atoms with Crippen molar-refractivity contribution in [2.75, 3.05) is 33.7 Å². The van der Waals surface area contributed by atoms with Gasteiger partial charge >= 0.3 is 0 Å². The summed E-state index contributed by atoms with van der Waals surface area (Å²) in [7, 11) is -0.364. The average Bonchev–Trinajstić information content (AvgIpc) is 2.64. The van der Waals surface area contributed by atoms with Crippen molar-refractivity contribution in [3.05, 3.63) is 29.8 Å². The predicted molar refractivity (Wildman–Crippen MR) is 97.1 cm³/mol. The van der Waals surface area contributed by atoms with Crippen LogP contribution in [0.3, 0.4) is 0 Å². The van der Waals surface area contributed by atoms with Crippen molar-refractivity contribution in [2.24, 2.45) is 5.41 Å². The molecule has 2 fully saturated rings. The Bertz CT molecular complexity index is 799. The number of nitrogens with one attached hydrogen (secondary N) is 1. The van der Waals surface area contributed by atoms with Crippen LogP contribution in [0.15, 0.2) is 29.2 Å². The van der Waals surface area contributed by atoms with Crippen molar-refractivity contribution >= 4 is 21.8 Å². The van der Waals surface area contributed by atoms with Crippen LogP contribution in [-0.4, -0.2) is 63.2 Å². The molecule has 0 aliphatic carbocycles. The maximum atomic E-state index is 13.0. The lowest BCUT2D eigenvalue weighted by Gasteiger charge is -2.43. The van der Waals surface area contributed by atoms with Crippen LogP contribution in [0, 0.1) is 5.41 Å². The van der Waals surface area contributed by atoms with Gasteiger partial charge in [0.1, 0.15) is 0 Å². The molecule has 7 nitrogen and oxygen atoms in total. The van der Waals surface area contributed by atoms with E-state index in [1.54, 1.807) is 26.2 Å². The second kappa shape index (κ2) is 7.00. The van der Waals surface area contributed by atoms with Gasteiger partial charge in [0.05, 0.1) is 4.90 Å². The zero-order valence-electron chi connectivity index (χ0n) is 15.2. The maximum absolute atomic E-state index is 13.0. The number of carbonyl (C=O) groups is 2. The first kappa shape index (κ1) is 18.8. The molecule has 0 bridgehead atoms. The lowest BCUT2D eigenvalue weighted by atomic mass is 9.73. The van der Waals surface area contributed by atoms with E-state index in [-0.39, 0.29) is 22.1 Å². The molecule has 0 atom stereocenters. The molecule has 8 heteroatoms. The van der Waals surface area contributed by atoms with Crippen LogP contribution in [0.4, 0.5) is 0 Å². The Labute approximate surface area is 154 Å². The number of rotatable bonds is 3. The number of hydrogen-bond donors (Lipinski definition) is 1. The quantitative estimate of drug-likeness (QED) is 0.851. The van der Waals surface area contributed by atoms with E-state index in [0.717, 1.165) is 19.3 Å². The van der Waals surface area contributed by atoms with Gasteiger partial charge in [-0.2, -0.15) is 4.31 Å². The lowest BCUT2D eigenvalue weighted by molar-refractivity contribution is -0.124. The standard InChI is InChI=1S/C18H25N3O4S/c1-20(2)17(23)14-4-3-5-15(12-14)26(24,25)21-10-8-18(9-11-21)7-6-16(22)19-13-18/h3-5,12H,6-11,13H2,1-2H3,(H,19,22). The average molecular weight is 379 g/mol. The molecule has 142 valence electrons. The molecule has 1 aromatic rings. The first-order chi connectivity index (χ1) is 12.2. The third-order valence-electron chi connectivity index (χ3n) is 5.45. The van der Waals surface area contributed by atoms with Gasteiger partial charge in [-0.3, -0.25) is 9.59 Å². The molecular formula is C18H25N3O4S. The zero-order valence-corrected chi connectivity index (χ0v) is 16.0. The summed E-state index contributed by atoms with van der Waals surface area (Å²) >= 11 is 0. The third kappa shape index (κ3) is 3.61. The van der Waals surface area contributed by atoms with Crippen molar-refractivity contribution in [1.29, 1.82) is 0 Å². The minimum atomic E-state index is -3.63. The van der Waals surface area contributed by atoms with Crippen LogP contribution in [0.2, 0.25) is 0 Å². The molecule has 0 saturated carbocycles. The van der Waals surface area contributed by atoms with Gasteiger partial charge in [-0.05, 0) is 42.9 Å². The fourth-order valence-corrected chi connectivity index (χ4v) is 5.15. The Morgan fingerprint density at radius 3 is 2.46 bits per heavy atom. The predicted octanol–water partition coefficient (Wildman–Crippen LogP) is 1.07. The summed E-state index contributed by atoms with van der Waals surface area (Å²) < 4.78 is 27.5. The summed E-state index contributed by atoms with van der Waals surface area (Å²) in [5.41, 5.74) is 0.377. The molecule has 0 aromatic heterocycles. The highest BCUT2D eigenvalue weighted by molar-refractivity contribution is 7.89. The largest absolute Gasteiger partial charge is 0.356 e. The summed E-state index contributed by atoms with van der Waals surface area (Å²) in [4.78, 5) is 25.1. The van der Waals surface area contributed by atoms with Gasteiger partial charge in [0.15, 0.2) is 0 Å². The Balaban J connectivity index is 1.75. The number of piperidine rings is 2. The van der Waals surface area contributed by atoms with E-state index in [2.05, 4.69) is 5.32 Å². The first-order valence-electron chi connectivity index (χ1n) is 8.82. The molecule has 26 heavy (non-hydrogen) atoms. The van der Waals surface area contributed by atoms with Gasteiger partial charge in [0.25, 0.3) is 5.91 Å². The van der Waals surface area contributed by atoms with E-state index in [1.165, 1.54) is 21.3 Å². The van der Waals surface area contributed by atoms with E-state index < -0.39 is 10.0 Å². The van der Waals surface area contributed by atoms with Crippen LogP contribution in [-0.2, 0) is 14.8 Å². The van der Waals surface area contributed by atoms with Gasteiger partial charge in [-0.15, -0.1) is 0 Å². The summed E-state index contributed by atoms with van der Waals surface area (Å²) in [6.07, 6.45) is 2.81. The molecule has 1 aromatic carbocycles. The second-order valence-corrected chi connectivity index (χ2v) is 9.35. The van der Waals surface area contributed by atoms with E-state index in [9.17, 15) is 18.0 Å². The van der Waals surface area contributed by atoms with E-state index in [0.29, 0.717) is 31.6 Å². The van der Waals surface area contributed by atoms with Gasteiger partial charge in [-0.1, -0.05) is 6.07 Å². The molecule has 2 amide bonds. The van der Waals surface area contributed by atoms with Crippen LogP contribution in [0.25, 0.3) is 0 Å². The van der Waals surface area contributed by atoms with Crippen molar-refractivity contribution in [2.45, 2.75) is 30.6 Å². The van der Waals surface area contributed by atoms with Gasteiger partial charge < -0.3 is 10.2 Å². The van der Waals surface area contributed by atoms with Gasteiger partial charge in [0.2, 0.25) is 15.9 Å². The molecule has 0 radical (unpaired) electrons. The zero-order chi connectivity index (χ0) is 18.9. The maximum Gasteiger partial charge on any atom is 0.253 e. The molecule has 2 heterocycles. The normalized spacial score (nSPS) is 20.6. The highest BCUT2D eigenvalue weighted by Gasteiger charge is 2.40. The third-order valence-corrected chi connectivity index (χ3v) is 7.35. The van der Waals surface area contributed by atoms with Crippen LogP contribution < -0.4 is 5.32 Å². The van der Waals surface area contributed by atoms with Crippen molar-refractivity contribution in [3.63, 3.8) is 0 Å². The summed E-state index contributed by atoms with van der Waals surface area (Å²) in [6, 6.07) is 6.21.